The van der Waals surface area contributed by atoms with Gasteiger partial charge in [-0.05, 0) is 39.7 Å². The fraction of sp³-hybridized carbons (Fsp3) is 0.188. The van der Waals surface area contributed by atoms with E-state index in [0.717, 1.165) is 27.7 Å². The zero-order valence-electron chi connectivity index (χ0n) is 12.2. The molecule has 3 aromatic rings. The number of rotatable bonds is 1. The number of amides is 1. The van der Waals surface area contributed by atoms with Crippen LogP contribution in [0, 0.1) is 0 Å². The van der Waals surface area contributed by atoms with Gasteiger partial charge in [-0.15, -0.1) is 0 Å². The Labute approximate surface area is 142 Å². The van der Waals surface area contributed by atoms with E-state index in [9.17, 15) is 4.79 Å². The van der Waals surface area contributed by atoms with Gasteiger partial charge >= 0.3 is 0 Å². The molecule has 0 unspecified atom stereocenters. The molecule has 2 radical (unpaired) electrons. The van der Waals surface area contributed by atoms with Crippen LogP contribution in [0.1, 0.15) is 21.7 Å². The van der Waals surface area contributed by atoms with Gasteiger partial charge in [0.1, 0.15) is 7.85 Å². The van der Waals surface area contributed by atoms with Crippen molar-refractivity contribution in [2.75, 3.05) is 6.54 Å². The van der Waals surface area contributed by atoms with Gasteiger partial charge in [-0.2, -0.15) is 5.10 Å². The van der Waals surface area contributed by atoms with Crippen LogP contribution < -0.4 is 5.46 Å². The van der Waals surface area contributed by atoms with Crippen molar-refractivity contribution in [1.29, 1.82) is 0 Å². The Morgan fingerprint density at radius 2 is 2.17 bits per heavy atom. The quantitative estimate of drug-likeness (QED) is 0.613. The van der Waals surface area contributed by atoms with Gasteiger partial charge < -0.3 is 4.90 Å². The van der Waals surface area contributed by atoms with Gasteiger partial charge in [0.25, 0.3) is 5.91 Å². The van der Waals surface area contributed by atoms with Gasteiger partial charge in [0.05, 0.1) is 5.52 Å². The molecule has 0 aliphatic carbocycles. The molecule has 4 heterocycles. The number of carbonyl (C=O) groups excluding carboxylic acids is 1. The number of fused-ring (bicyclic) bond motifs is 2. The monoisotopic (exact) mass is 366 g/mol. The molecule has 0 aromatic carbocycles. The highest BCUT2D eigenvalue weighted by Gasteiger charge is 2.24. The normalized spacial score (nSPS) is 14.0. The second-order valence-corrected chi connectivity index (χ2v) is 6.51. The summed E-state index contributed by atoms with van der Waals surface area (Å²) in [6.07, 6.45) is 4.23. The Hall–Kier alpha value is -2.15. The van der Waals surface area contributed by atoms with Crippen LogP contribution in [0.15, 0.2) is 41.1 Å². The second kappa shape index (κ2) is 5.49. The average Bonchev–Trinajstić information content (AvgIpc) is 2.96. The molecule has 1 amide bonds. The van der Waals surface area contributed by atoms with E-state index in [-0.39, 0.29) is 5.91 Å². The Kier molecular flexibility index (Phi) is 3.45. The molecule has 1 aliphatic heterocycles. The molecule has 0 saturated carbocycles. The predicted molar refractivity (Wildman–Crippen MR) is 91.0 cm³/mol. The summed E-state index contributed by atoms with van der Waals surface area (Å²) in [6, 6.07) is 7.55. The standard InChI is InChI=1S/C16H12BBrN4O/c17-11-5-10-8-21(4-3-14(10)19-7-11)16(23)15-6-13-2-1-12(18)9-22(13)20-15/h1-2,5-7,9H,3-4,8H2. The molecule has 3 aromatic heterocycles. The third kappa shape index (κ3) is 2.65. The SMILES string of the molecule is [B]c1cnc2c(c1)CN(C(=O)c1cc3ccc(Br)cn3n1)CC2. The first-order valence-corrected chi connectivity index (χ1v) is 8.07. The lowest BCUT2D eigenvalue weighted by Crippen LogP contribution is -2.37. The van der Waals surface area contributed by atoms with Gasteiger partial charge in [0.2, 0.25) is 0 Å². The van der Waals surface area contributed by atoms with Gasteiger partial charge in [-0.1, -0.05) is 11.5 Å². The van der Waals surface area contributed by atoms with E-state index in [0.29, 0.717) is 24.2 Å². The summed E-state index contributed by atoms with van der Waals surface area (Å²) in [5.74, 6) is -0.0714. The lowest BCUT2D eigenvalue weighted by Gasteiger charge is -2.27. The average molecular weight is 367 g/mol. The lowest BCUT2D eigenvalue weighted by atomic mass is 9.94. The Bertz CT molecular complexity index is 924. The molecule has 0 saturated heterocycles. The van der Waals surface area contributed by atoms with Crippen LogP contribution in [-0.2, 0) is 13.0 Å². The van der Waals surface area contributed by atoms with Crippen LogP contribution >= 0.6 is 15.9 Å². The van der Waals surface area contributed by atoms with Crippen LogP contribution in [0.5, 0.6) is 0 Å². The van der Waals surface area contributed by atoms with E-state index in [1.54, 1.807) is 15.6 Å². The van der Waals surface area contributed by atoms with Crippen LogP contribution in [0.2, 0.25) is 0 Å². The molecule has 0 spiro atoms. The Balaban J connectivity index is 1.63. The zero-order chi connectivity index (χ0) is 16.0. The van der Waals surface area contributed by atoms with Gasteiger partial charge in [-0.3, -0.25) is 9.78 Å². The summed E-state index contributed by atoms with van der Waals surface area (Å²) in [5, 5.41) is 4.38. The summed E-state index contributed by atoms with van der Waals surface area (Å²) >= 11 is 3.41. The molecule has 0 bridgehead atoms. The topological polar surface area (TPSA) is 50.5 Å². The second-order valence-electron chi connectivity index (χ2n) is 5.60. The minimum Gasteiger partial charge on any atom is -0.332 e. The minimum absolute atomic E-state index is 0.0714. The van der Waals surface area contributed by atoms with Crippen molar-refractivity contribution in [3.05, 3.63) is 58.1 Å². The zero-order valence-corrected chi connectivity index (χ0v) is 13.8. The number of carbonyl (C=O) groups is 1. The predicted octanol–water partition coefficient (Wildman–Crippen LogP) is 1.48. The summed E-state index contributed by atoms with van der Waals surface area (Å²) in [5.41, 5.74) is 3.98. The molecule has 5 nitrogen and oxygen atoms in total. The first kappa shape index (κ1) is 14.4. The van der Waals surface area contributed by atoms with Crippen molar-refractivity contribution in [1.82, 2.24) is 19.5 Å². The van der Waals surface area contributed by atoms with Crippen molar-refractivity contribution >= 4 is 40.7 Å². The van der Waals surface area contributed by atoms with Crippen LogP contribution in [-0.4, -0.2) is 39.8 Å². The maximum Gasteiger partial charge on any atom is 0.274 e. The van der Waals surface area contributed by atoms with E-state index >= 15 is 0 Å². The molecular formula is C16H12BBrN4O. The molecule has 7 heteroatoms. The summed E-state index contributed by atoms with van der Waals surface area (Å²) in [6.45, 7) is 1.16. The highest BCUT2D eigenvalue weighted by molar-refractivity contribution is 9.10. The van der Waals surface area contributed by atoms with E-state index in [1.807, 2.05) is 30.5 Å². The number of halogens is 1. The highest BCUT2D eigenvalue weighted by atomic mass is 79.9. The van der Waals surface area contributed by atoms with Crippen LogP contribution in [0.25, 0.3) is 5.52 Å². The van der Waals surface area contributed by atoms with Crippen LogP contribution in [0.3, 0.4) is 0 Å². The maximum atomic E-state index is 12.7. The molecule has 23 heavy (non-hydrogen) atoms. The van der Waals surface area contributed by atoms with E-state index in [1.165, 1.54) is 0 Å². The summed E-state index contributed by atoms with van der Waals surface area (Å²) in [4.78, 5) is 18.9. The molecule has 112 valence electrons. The van der Waals surface area contributed by atoms with E-state index in [2.05, 4.69) is 26.0 Å². The highest BCUT2D eigenvalue weighted by Crippen LogP contribution is 2.19. The lowest BCUT2D eigenvalue weighted by molar-refractivity contribution is 0.0727. The fourth-order valence-electron chi connectivity index (χ4n) is 2.85. The van der Waals surface area contributed by atoms with Crippen molar-refractivity contribution in [3.63, 3.8) is 0 Å². The summed E-state index contributed by atoms with van der Waals surface area (Å²) < 4.78 is 2.62. The third-order valence-electron chi connectivity index (χ3n) is 3.99. The Morgan fingerprint density at radius 1 is 1.30 bits per heavy atom. The maximum absolute atomic E-state index is 12.7. The van der Waals surface area contributed by atoms with Gasteiger partial charge in [-0.25, -0.2) is 4.52 Å². The van der Waals surface area contributed by atoms with Gasteiger partial charge in [0.15, 0.2) is 5.69 Å². The molecule has 4 rings (SSSR count). The minimum atomic E-state index is -0.0714. The third-order valence-corrected chi connectivity index (χ3v) is 4.46. The fourth-order valence-corrected chi connectivity index (χ4v) is 3.17. The smallest absolute Gasteiger partial charge is 0.274 e. The van der Waals surface area contributed by atoms with Gasteiger partial charge in [0, 0.05) is 42.1 Å². The number of nitrogens with zero attached hydrogens (tertiary/aromatic N) is 4. The first-order valence-electron chi connectivity index (χ1n) is 7.27. The summed E-state index contributed by atoms with van der Waals surface area (Å²) in [7, 11) is 5.79. The van der Waals surface area contributed by atoms with Crippen molar-refractivity contribution < 1.29 is 4.79 Å². The Morgan fingerprint density at radius 3 is 3.04 bits per heavy atom. The number of aromatic nitrogens is 3. The largest absolute Gasteiger partial charge is 0.332 e. The van der Waals surface area contributed by atoms with E-state index in [4.69, 9.17) is 7.85 Å². The molecule has 0 atom stereocenters. The van der Waals surface area contributed by atoms with Crippen molar-refractivity contribution in [2.45, 2.75) is 13.0 Å². The molecular weight excluding hydrogens is 355 g/mol. The number of pyridine rings is 2. The molecule has 0 N–H and O–H groups in total. The van der Waals surface area contributed by atoms with Crippen molar-refractivity contribution in [3.8, 4) is 0 Å². The first-order chi connectivity index (χ1) is 11.1. The molecule has 1 aliphatic rings. The van der Waals surface area contributed by atoms with Crippen LogP contribution in [0.4, 0.5) is 0 Å². The number of hydrogen-bond donors (Lipinski definition) is 0. The van der Waals surface area contributed by atoms with Crippen molar-refractivity contribution in [2.24, 2.45) is 0 Å². The van der Waals surface area contributed by atoms with E-state index < -0.39 is 0 Å². The molecule has 0 fully saturated rings. The number of hydrogen-bond acceptors (Lipinski definition) is 3.